The molecule has 0 saturated heterocycles. The van der Waals surface area contributed by atoms with E-state index in [0.717, 1.165) is 21.6 Å². The number of nitrogens with two attached hydrogens (primary N) is 1. The Bertz CT molecular complexity index is 694. The Hall–Kier alpha value is -1.84. The highest BCUT2D eigenvalue weighted by molar-refractivity contribution is 7.98. The third-order valence-electron chi connectivity index (χ3n) is 2.62. The maximum atomic E-state index is 5.52. The summed E-state index contributed by atoms with van der Waals surface area (Å²) in [6.07, 6.45) is 1.77. The topological polar surface area (TPSA) is 95.4 Å². The summed E-state index contributed by atoms with van der Waals surface area (Å²) >= 11 is 3.14. The van der Waals surface area contributed by atoms with Crippen LogP contribution in [-0.4, -0.2) is 36.7 Å². The molecule has 0 spiro atoms. The summed E-state index contributed by atoms with van der Waals surface area (Å²) in [5.74, 6) is 0.717. The van der Waals surface area contributed by atoms with E-state index in [-0.39, 0.29) is 0 Å². The average Bonchev–Trinajstić information content (AvgIpc) is 3.16. The van der Waals surface area contributed by atoms with Crippen molar-refractivity contribution in [1.29, 1.82) is 0 Å². The van der Waals surface area contributed by atoms with Crippen molar-refractivity contribution in [2.45, 2.75) is 17.5 Å². The van der Waals surface area contributed by atoms with E-state index < -0.39 is 0 Å². The number of thioether (sulfide) groups is 1. The van der Waals surface area contributed by atoms with Crippen LogP contribution in [-0.2, 0) is 12.3 Å². The number of pyridine rings is 1. The molecule has 3 aromatic heterocycles. The van der Waals surface area contributed by atoms with Gasteiger partial charge in [0.05, 0.1) is 17.9 Å². The fourth-order valence-electron chi connectivity index (χ4n) is 1.68. The number of nitrogens with zero attached hydrogens (tertiary/aromatic N) is 6. The van der Waals surface area contributed by atoms with E-state index >= 15 is 0 Å². The van der Waals surface area contributed by atoms with Crippen molar-refractivity contribution in [2.24, 2.45) is 5.73 Å². The second kappa shape index (κ2) is 6.74. The van der Waals surface area contributed by atoms with Crippen molar-refractivity contribution in [1.82, 2.24) is 30.2 Å². The van der Waals surface area contributed by atoms with E-state index in [1.165, 1.54) is 0 Å². The third-order valence-corrected chi connectivity index (χ3v) is 4.53. The molecule has 3 rings (SSSR count). The van der Waals surface area contributed by atoms with Crippen molar-refractivity contribution in [3.05, 3.63) is 35.5 Å². The Kier molecular flexibility index (Phi) is 4.53. The maximum Gasteiger partial charge on any atom is 0.209 e. The third kappa shape index (κ3) is 3.43. The lowest BCUT2D eigenvalue weighted by molar-refractivity contribution is 0.557. The summed E-state index contributed by atoms with van der Waals surface area (Å²) in [6, 6.07) is 5.81. The molecule has 0 radical (unpaired) electrons. The normalized spacial score (nSPS) is 10.9. The number of rotatable bonds is 6. The van der Waals surface area contributed by atoms with Gasteiger partial charge in [-0.2, -0.15) is 0 Å². The van der Waals surface area contributed by atoms with Crippen molar-refractivity contribution in [3.8, 4) is 10.7 Å². The molecule has 7 nitrogen and oxygen atoms in total. The van der Waals surface area contributed by atoms with Gasteiger partial charge in [0.1, 0.15) is 5.01 Å². The van der Waals surface area contributed by atoms with Gasteiger partial charge in [-0.15, -0.1) is 16.4 Å². The quantitative estimate of drug-likeness (QED) is 0.687. The average molecular weight is 319 g/mol. The van der Waals surface area contributed by atoms with Gasteiger partial charge in [0.2, 0.25) is 5.16 Å². The predicted molar refractivity (Wildman–Crippen MR) is 81.8 cm³/mol. The molecule has 0 aliphatic heterocycles. The second-order valence-electron chi connectivity index (χ2n) is 4.12. The Morgan fingerprint density at radius 3 is 3.10 bits per heavy atom. The highest BCUT2D eigenvalue weighted by Gasteiger charge is 2.09. The van der Waals surface area contributed by atoms with Gasteiger partial charge in [-0.1, -0.05) is 17.8 Å². The molecule has 0 saturated carbocycles. The van der Waals surface area contributed by atoms with Gasteiger partial charge in [-0.3, -0.25) is 4.98 Å². The molecule has 0 atom stereocenters. The zero-order valence-corrected chi connectivity index (χ0v) is 12.7. The van der Waals surface area contributed by atoms with Gasteiger partial charge in [0.25, 0.3) is 0 Å². The van der Waals surface area contributed by atoms with Crippen molar-refractivity contribution in [3.63, 3.8) is 0 Å². The van der Waals surface area contributed by atoms with E-state index in [4.69, 9.17) is 5.73 Å². The van der Waals surface area contributed by atoms with E-state index in [2.05, 4.69) is 25.5 Å². The molecule has 0 fully saturated rings. The molecular weight excluding hydrogens is 306 g/mol. The monoisotopic (exact) mass is 319 g/mol. The molecule has 108 valence electrons. The Balaban J connectivity index is 1.66. The lowest BCUT2D eigenvalue weighted by atomic mass is 10.4. The molecule has 2 N–H and O–H groups in total. The summed E-state index contributed by atoms with van der Waals surface area (Å²) in [5, 5.41) is 15.3. The zero-order valence-electron chi connectivity index (χ0n) is 11.1. The van der Waals surface area contributed by atoms with Crippen LogP contribution in [0.25, 0.3) is 10.7 Å². The minimum Gasteiger partial charge on any atom is -0.329 e. The van der Waals surface area contributed by atoms with Crippen molar-refractivity contribution >= 4 is 23.1 Å². The van der Waals surface area contributed by atoms with E-state index in [1.54, 1.807) is 34.0 Å². The highest BCUT2D eigenvalue weighted by atomic mass is 32.2. The predicted octanol–water partition coefficient (Wildman–Crippen LogP) is 1.44. The molecule has 0 bridgehead atoms. The Morgan fingerprint density at radius 1 is 1.33 bits per heavy atom. The smallest absolute Gasteiger partial charge is 0.209 e. The molecule has 21 heavy (non-hydrogen) atoms. The van der Waals surface area contributed by atoms with E-state index in [1.807, 2.05) is 23.6 Å². The number of hydrogen-bond donors (Lipinski definition) is 1. The van der Waals surface area contributed by atoms with Crippen LogP contribution in [0.2, 0.25) is 0 Å². The van der Waals surface area contributed by atoms with Gasteiger partial charge in [0, 0.05) is 23.9 Å². The van der Waals surface area contributed by atoms with Crippen LogP contribution in [0.4, 0.5) is 0 Å². The highest BCUT2D eigenvalue weighted by Crippen LogP contribution is 2.25. The minimum absolute atomic E-state index is 0.513. The first kappa shape index (κ1) is 14.1. The fourth-order valence-corrected chi connectivity index (χ4v) is 3.38. The summed E-state index contributed by atoms with van der Waals surface area (Å²) in [7, 11) is 0. The first-order valence-electron chi connectivity index (χ1n) is 6.31. The summed E-state index contributed by atoms with van der Waals surface area (Å²) in [5.41, 5.74) is 7.41. The molecule has 3 aromatic rings. The number of tetrazole rings is 1. The van der Waals surface area contributed by atoms with E-state index in [0.29, 0.717) is 18.8 Å². The van der Waals surface area contributed by atoms with Gasteiger partial charge in [-0.25, -0.2) is 9.67 Å². The number of aromatic nitrogens is 6. The van der Waals surface area contributed by atoms with E-state index in [9.17, 15) is 0 Å². The van der Waals surface area contributed by atoms with Crippen LogP contribution in [0.1, 0.15) is 5.69 Å². The number of thiazole rings is 1. The van der Waals surface area contributed by atoms with Crippen LogP contribution in [0.3, 0.4) is 0 Å². The summed E-state index contributed by atoms with van der Waals surface area (Å²) in [6.45, 7) is 1.13. The van der Waals surface area contributed by atoms with Crippen LogP contribution in [0.5, 0.6) is 0 Å². The molecule has 0 aliphatic carbocycles. The molecule has 0 amide bonds. The van der Waals surface area contributed by atoms with Crippen LogP contribution in [0, 0.1) is 0 Å². The zero-order chi connectivity index (χ0) is 14.5. The van der Waals surface area contributed by atoms with Gasteiger partial charge < -0.3 is 5.73 Å². The van der Waals surface area contributed by atoms with Gasteiger partial charge in [-0.05, 0) is 22.6 Å². The Labute approximate surface area is 129 Å². The molecule has 0 aromatic carbocycles. The number of hydrogen-bond acceptors (Lipinski definition) is 8. The maximum absolute atomic E-state index is 5.52. The Morgan fingerprint density at radius 2 is 2.29 bits per heavy atom. The lowest BCUT2D eigenvalue weighted by Crippen LogP contribution is -2.12. The van der Waals surface area contributed by atoms with Crippen LogP contribution < -0.4 is 5.73 Å². The molecule has 9 heteroatoms. The first-order valence-corrected chi connectivity index (χ1v) is 8.18. The molecule has 0 aliphatic rings. The first-order chi connectivity index (χ1) is 10.4. The summed E-state index contributed by atoms with van der Waals surface area (Å²) in [4.78, 5) is 8.89. The van der Waals surface area contributed by atoms with Crippen molar-refractivity contribution < 1.29 is 0 Å². The van der Waals surface area contributed by atoms with Crippen molar-refractivity contribution in [2.75, 3.05) is 6.54 Å². The van der Waals surface area contributed by atoms with Gasteiger partial charge >= 0.3 is 0 Å². The standard InChI is InChI=1S/C12H13N7S2/c13-4-6-19-12(16-17-18-19)21-8-9-7-20-11(15-9)10-3-1-2-5-14-10/h1-3,5,7H,4,6,8,13H2. The van der Waals surface area contributed by atoms with Crippen LogP contribution in [0.15, 0.2) is 34.9 Å². The van der Waals surface area contributed by atoms with Crippen LogP contribution >= 0.6 is 23.1 Å². The lowest BCUT2D eigenvalue weighted by Gasteiger charge is -2.00. The minimum atomic E-state index is 0.513. The second-order valence-corrected chi connectivity index (χ2v) is 5.92. The molecular formula is C12H13N7S2. The largest absolute Gasteiger partial charge is 0.329 e. The molecule has 3 heterocycles. The summed E-state index contributed by atoms with van der Waals surface area (Å²) < 4.78 is 1.71. The van der Waals surface area contributed by atoms with Gasteiger partial charge in [0.15, 0.2) is 0 Å². The fraction of sp³-hybridized carbons (Fsp3) is 0.250. The SMILES string of the molecule is NCCn1nnnc1SCc1csc(-c2ccccn2)n1. The molecule has 0 unspecified atom stereocenters.